The minimum Gasteiger partial charge on any atom is -0.245 e. The van der Waals surface area contributed by atoms with E-state index in [1.54, 1.807) is 11.3 Å². The number of thiazole rings is 1. The maximum atomic E-state index is 4.25. The highest BCUT2D eigenvalue weighted by Gasteiger charge is 2.08. The van der Waals surface area contributed by atoms with Gasteiger partial charge >= 0.3 is 0 Å². The molecule has 1 heterocycles. The Balaban J connectivity index is 2.50. The zero-order chi connectivity index (χ0) is 6.97. The van der Waals surface area contributed by atoms with Gasteiger partial charge in [0.2, 0.25) is 0 Å². The van der Waals surface area contributed by atoms with Crippen LogP contribution in [0.5, 0.6) is 0 Å². The lowest BCUT2D eigenvalue weighted by Crippen LogP contribution is -1.93. The lowest BCUT2D eigenvalue weighted by atomic mass is 10.0. The smallest absolute Gasteiger partial charge is 0.0801 e. The van der Waals surface area contributed by atoms with Gasteiger partial charge in [-0.2, -0.15) is 0 Å². The Kier molecular flexibility index (Phi) is 1.34. The van der Waals surface area contributed by atoms with Gasteiger partial charge in [0.25, 0.3) is 0 Å². The minimum absolute atomic E-state index is 1.20. The van der Waals surface area contributed by atoms with Crippen molar-refractivity contribution in [3.05, 3.63) is 21.7 Å². The first kappa shape index (κ1) is 6.10. The standard InChI is InChI=1S/C8H9NS/c1-6-2-3-8-7(4-6)9-5-10-8/h4-5H,2-3H2,1H3. The molecule has 0 radical (unpaired) electrons. The summed E-state index contributed by atoms with van der Waals surface area (Å²) in [6.45, 7) is 2.17. The van der Waals surface area contributed by atoms with Crippen LogP contribution in [-0.2, 0) is 6.42 Å². The quantitative estimate of drug-likeness (QED) is 0.555. The fraction of sp³-hybridized carbons (Fsp3) is 0.375. The predicted molar refractivity (Wildman–Crippen MR) is 44.1 cm³/mol. The van der Waals surface area contributed by atoms with Crippen LogP contribution in [0.1, 0.15) is 23.9 Å². The fourth-order valence-electron chi connectivity index (χ4n) is 1.20. The van der Waals surface area contributed by atoms with Crippen molar-refractivity contribution in [1.82, 2.24) is 4.98 Å². The average molecular weight is 151 g/mol. The first-order chi connectivity index (χ1) is 4.86. The third-order valence-corrected chi connectivity index (χ3v) is 2.71. The predicted octanol–water partition coefficient (Wildman–Crippen LogP) is 2.49. The van der Waals surface area contributed by atoms with Crippen molar-refractivity contribution in [2.75, 3.05) is 0 Å². The van der Waals surface area contributed by atoms with Crippen molar-refractivity contribution in [2.45, 2.75) is 19.8 Å². The van der Waals surface area contributed by atoms with Crippen LogP contribution in [-0.4, -0.2) is 4.98 Å². The molecule has 0 aromatic carbocycles. The highest BCUT2D eigenvalue weighted by molar-refractivity contribution is 7.09. The molecule has 0 N–H and O–H groups in total. The Hall–Kier alpha value is -0.630. The summed E-state index contributed by atoms with van der Waals surface area (Å²) >= 11 is 1.77. The second-order valence-corrected chi connectivity index (χ2v) is 3.59. The molecule has 0 atom stereocenters. The number of aromatic nitrogens is 1. The normalized spacial score (nSPS) is 16.3. The van der Waals surface area contributed by atoms with Crippen LogP contribution < -0.4 is 0 Å². The Bertz CT molecular complexity index is 273. The van der Waals surface area contributed by atoms with E-state index in [-0.39, 0.29) is 0 Å². The van der Waals surface area contributed by atoms with E-state index in [2.05, 4.69) is 18.0 Å². The zero-order valence-electron chi connectivity index (χ0n) is 5.92. The van der Waals surface area contributed by atoms with Crippen LogP contribution >= 0.6 is 11.3 Å². The zero-order valence-corrected chi connectivity index (χ0v) is 6.74. The molecule has 10 heavy (non-hydrogen) atoms. The third-order valence-electron chi connectivity index (χ3n) is 1.80. The van der Waals surface area contributed by atoms with Crippen LogP contribution in [0.25, 0.3) is 6.08 Å². The van der Waals surface area contributed by atoms with E-state index in [4.69, 9.17) is 0 Å². The molecule has 0 fully saturated rings. The molecule has 2 rings (SSSR count). The maximum Gasteiger partial charge on any atom is 0.0801 e. The van der Waals surface area contributed by atoms with Crippen LogP contribution in [0.2, 0.25) is 0 Å². The van der Waals surface area contributed by atoms with Gasteiger partial charge in [-0.3, -0.25) is 0 Å². The van der Waals surface area contributed by atoms with Gasteiger partial charge in [0.1, 0.15) is 0 Å². The summed E-state index contributed by atoms with van der Waals surface area (Å²) in [6, 6.07) is 0. The van der Waals surface area contributed by atoms with E-state index >= 15 is 0 Å². The Labute approximate surface area is 64.4 Å². The molecule has 2 heteroatoms. The molecule has 1 nitrogen and oxygen atoms in total. The van der Waals surface area contributed by atoms with Crippen LogP contribution in [0.3, 0.4) is 0 Å². The van der Waals surface area contributed by atoms with Gasteiger partial charge in [0.05, 0.1) is 11.2 Å². The number of fused-ring (bicyclic) bond motifs is 1. The van der Waals surface area contributed by atoms with Gasteiger partial charge in [-0.1, -0.05) is 5.57 Å². The first-order valence-electron chi connectivity index (χ1n) is 3.46. The maximum absolute atomic E-state index is 4.25. The summed E-state index contributed by atoms with van der Waals surface area (Å²) in [5.74, 6) is 0. The molecular formula is C8H9NS. The fourth-order valence-corrected chi connectivity index (χ4v) is 1.95. The topological polar surface area (TPSA) is 12.9 Å². The number of rotatable bonds is 0. The van der Waals surface area contributed by atoms with Gasteiger partial charge in [-0.25, -0.2) is 4.98 Å². The molecule has 0 spiro atoms. The van der Waals surface area contributed by atoms with Gasteiger partial charge in [0, 0.05) is 4.88 Å². The summed E-state index contributed by atoms with van der Waals surface area (Å²) < 4.78 is 0. The van der Waals surface area contributed by atoms with E-state index in [0.717, 1.165) is 0 Å². The van der Waals surface area contributed by atoms with Crippen molar-refractivity contribution in [2.24, 2.45) is 0 Å². The second-order valence-electron chi connectivity index (χ2n) is 2.65. The van der Waals surface area contributed by atoms with Crippen LogP contribution in [0.15, 0.2) is 11.1 Å². The number of nitrogens with zero attached hydrogens (tertiary/aromatic N) is 1. The average Bonchev–Trinajstić information content (AvgIpc) is 2.33. The third kappa shape index (κ3) is 0.886. The largest absolute Gasteiger partial charge is 0.245 e. The molecule has 0 saturated carbocycles. The molecule has 0 aliphatic heterocycles. The SMILES string of the molecule is CC1=Cc2ncsc2CC1. The van der Waals surface area contributed by atoms with Crippen molar-refractivity contribution >= 4 is 17.4 Å². The summed E-state index contributed by atoms with van der Waals surface area (Å²) in [5, 5.41) is 0. The second kappa shape index (κ2) is 2.20. The molecule has 1 aliphatic rings. The van der Waals surface area contributed by atoms with E-state index in [1.165, 1.54) is 29.0 Å². The number of aryl methyl sites for hydroxylation is 1. The molecule has 0 saturated heterocycles. The molecule has 1 aliphatic carbocycles. The molecule has 1 aromatic heterocycles. The van der Waals surface area contributed by atoms with E-state index in [0.29, 0.717) is 0 Å². The monoisotopic (exact) mass is 151 g/mol. The van der Waals surface area contributed by atoms with Gasteiger partial charge in [-0.05, 0) is 25.8 Å². The van der Waals surface area contributed by atoms with Crippen LogP contribution in [0.4, 0.5) is 0 Å². The van der Waals surface area contributed by atoms with Gasteiger partial charge in [0.15, 0.2) is 0 Å². The van der Waals surface area contributed by atoms with Crippen LogP contribution in [0, 0.1) is 0 Å². The Morgan fingerprint density at radius 2 is 2.40 bits per heavy atom. The molecular weight excluding hydrogens is 142 g/mol. The first-order valence-corrected chi connectivity index (χ1v) is 4.34. The molecule has 0 amide bonds. The summed E-state index contributed by atoms with van der Waals surface area (Å²) in [5.41, 5.74) is 4.59. The number of hydrogen-bond acceptors (Lipinski definition) is 2. The van der Waals surface area contributed by atoms with Crippen molar-refractivity contribution in [1.29, 1.82) is 0 Å². The summed E-state index contributed by atoms with van der Waals surface area (Å²) in [4.78, 5) is 5.70. The number of hydrogen-bond donors (Lipinski definition) is 0. The van der Waals surface area contributed by atoms with E-state index in [1.807, 2.05) is 5.51 Å². The molecule has 0 bridgehead atoms. The van der Waals surface area contributed by atoms with E-state index in [9.17, 15) is 0 Å². The van der Waals surface area contributed by atoms with Gasteiger partial charge in [-0.15, -0.1) is 11.3 Å². The van der Waals surface area contributed by atoms with E-state index < -0.39 is 0 Å². The lowest BCUT2D eigenvalue weighted by Gasteiger charge is -2.06. The Morgan fingerprint density at radius 1 is 1.50 bits per heavy atom. The highest BCUT2D eigenvalue weighted by Crippen LogP contribution is 2.25. The molecule has 52 valence electrons. The molecule has 1 aromatic rings. The van der Waals surface area contributed by atoms with Gasteiger partial charge < -0.3 is 0 Å². The minimum atomic E-state index is 1.20. The van der Waals surface area contributed by atoms with Crippen molar-refractivity contribution in [3.63, 3.8) is 0 Å². The summed E-state index contributed by atoms with van der Waals surface area (Å²) in [7, 11) is 0. The highest BCUT2D eigenvalue weighted by atomic mass is 32.1. The van der Waals surface area contributed by atoms with Crippen molar-refractivity contribution in [3.8, 4) is 0 Å². The van der Waals surface area contributed by atoms with Crippen molar-refractivity contribution < 1.29 is 0 Å². The Morgan fingerprint density at radius 3 is 3.30 bits per heavy atom. The lowest BCUT2D eigenvalue weighted by molar-refractivity contribution is 0.939. The number of allylic oxidation sites excluding steroid dienone is 1. The summed E-state index contributed by atoms with van der Waals surface area (Å²) in [6.07, 6.45) is 4.60. The molecule has 0 unspecified atom stereocenters.